The van der Waals surface area contributed by atoms with Gasteiger partial charge in [0.2, 0.25) is 0 Å². The van der Waals surface area contributed by atoms with Crippen LogP contribution in [0, 0.1) is 0 Å². The molecule has 0 aliphatic heterocycles. The first-order chi connectivity index (χ1) is 14.1. The second kappa shape index (κ2) is 8.71. The third kappa shape index (κ3) is 4.97. The van der Waals surface area contributed by atoms with Crippen molar-refractivity contribution in [1.29, 1.82) is 0 Å². The number of hydrogen-bond donors (Lipinski definition) is 4. The minimum atomic E-state index is -3.67. The summed E-state index contributed by atoms with van der Waals surface area (Å²) in [7, 11) is -3.67. The van der Waals surface area contributed by atoms with E-state index < -0.39 is 15.7 Å². The van der Waals surface area contributed by atoms with Gasteiger partial charge in [0.1, 0.15) is 11.2 Å². The number of aliphatic hydroxyl groups is 2. The molecule has 4 aromatic rings. The molecule has 8 heteroatoms. The highest BCUT2D eigenvalue weighted by molar-refractivity contribution is 7.85. The summed E-state index contributed by atoms with van der Waals surface area (Å²) < 4.78 is 31.9. The zero-order valence-electron chi connectivity index (χ0n) is 16.8. The van der Waals surface area contributed by atoms with Gasteiger partial charge in [0.05, 0.1) is 25.0 Å². The second-order valence-electron chi connectivity index (χ2n) is 7.52. The molecule has 0 saturated heterocycles. The minimum absolute atomic E-state index is 0.131. The average Bonchev–Trinajstić information content (AvgIpc) is 3.09. The van der Waals surface area contributed by atoms with Crippen LogP contribution in [0.2, 0.25) is 0 Å². The fourth-order valence-corrected chi connectivity index (χ4v) is 3.28. The maximum Gasteiger partial charge on any atom is 0.261 e. The van der Waals surface area contributed by atoms with Gasteiger partial charge in [-0.2, -0.15) is 8.42 Å². The monoisotopic (exact) mass is 431 g/mol. The van der Waals surface area contributed by atoms with Crippen LogP contribution in [0.1, 0.15) is 12.5 Å². The highest BCUT2D eigenvalue weighted by Gasteiger charge is 2.22. The van der Waals surface area contributed by atoms with Gasteiger partial charge in [-0.25, -0.2) is 0 Å². The van der Waals surface area contributed by atoms with E-state index in [0.717, 1.165) is 38.3 Å². The third-order valence-electron chi connectivity index (χ3n) is 4.87. The Hall–Kier alpha value is -2.49. The van der Waals surface area contributed by atoms with Gasteiger partial charge in [-0.1, -0.05) is 42.5 Å². The predicted molar refractivity (Wildman–Crippen MR) is 118 cm³/mol. The van der Waals surface area contributed by atoms with Gasteiger partial charge in [0.15, 0.2) is 0 Å². The van der Waals surface area contributed by atoms with E-state index in [-0.39, 0.29) is 13.2 Å². The molecule has 4 N–H and O–H groups in total. The molecule has 30 heavy (non-hydrogen) atoms. The standard InChI is InChI=1S/C21H21NO3.CH4O3S/c1-21(12-23,13-24)22-11-14-10-19-20(16-7-3-2-6-15(14)16)17-8-4-5-9-18(17)25-19;1-5(2,3)4/h2-10,22-24H,11-13H2,1H3;1H3,(H,2,3,4). The van der Waals surface area contributed by atoms with Crippen LogP contribution >= 0.6 is 0 Å². The third-order valence-corrected chi connectivity index (χ3v) is 4.87. The molecular formula is C22H25NO6S. The Kier molecular flexibility index (Phi) is 6.44. The summed E-state index contributed by atoms with van der Waals surface area (Å²) in [6, 6.07) is 18.4. The number of hydrogen-bond acceptors (Lipinski definition) is 6. The molecule has 0 fully saturated rings. The molecule has 0 spiro atoms. The van der Waals surface area contributed by atoms with Gasteiger partial charge in [-0.15, -0.1) is 0 Å². The van der Waals surface area contributed by atoms with Crippen molar-refractivity contribution in [2.24, 2.45) is 0 Å². The average molecular weight is 432 g/mol. The van der Waals surface area contributed by atoms with Crippen LogP contribution in [-0.4, -0.2) is 48.2 Å². The minimum Gasteiger partial charge on any atom is -0.456 e. The molecule has 0 amide bonds. The molecule has 3 aromatic carbocycles. The molecule has 0 radical (unpaired) electrons. The SMILES string of the molecule is CC(CO)(CO)NCc1cc2oc3ccccc3c2c2ccccc12.CS(=O)(=O)O. The highest BCUT2D eigenvalue weighted by Crippen LogP contribution is 2.36. The Labute approximate surface area is 174 Å². The first-order valence-electron chi connectivity index (χ1n) is 9.36. The number of para-hydroxylation sites is 1. The topological polar surface area (TPSA) is 120 Å². The second-order valence-corrected chi connectivity index (χ2v) is 8.98. The first kappa shape index (κ1) is 22.2. The van der Waals surface area contributed by atoms with Crippen LogP contribution in [0.4, 0.5) is 0 Å². The lowest BCUT2D eigenvalue weighted by atomic mass is 9.98. The van der Waals surface area contributed by atoms with E-state index in [1.807, 2.05) is 30.3 Å². The molecule has 0 unspecified atom stereocenters. The number of rotatable bonds is 5. The lowest BCUT2D eigenvalue weighted by Gasteiger charge is -2.26. The van der Waals surface area contributed by atoms with Crippen molar-refractivity contribution in [3.05, 3.63) is 60.2 Å². The van der Waals surface area contributed by atoms with Crippen LogP contribution in [0.5, 0.6) is 0 Å². The maximum atomic E-state index is 9.50. The number of benzene rings is 3. The molecule has 1 heterocycles. The van der Waals surface area contributed by atoms with Crippen molar-refractivity contribution in [3.8, 4) is 0 Å². The van der Waals surface area contributed by atoms with E-state index >= 15 is 0 Å². The van der Waals surface area contributed by atoms with Crippen LogP contribution in [0.25, 0.3) is 32.7 Å². The summed E-state index contributed by atoms with van der Waals surface area (Å²) in [6.07, 6.45) is 0.715. The Balaban J connectivity index is 0.000000461. The van der Waals surface area contributed by atoms with E-state index in [1.165, 1.54) is 0 Å². The van der Waals surface area contributed by atoms with Crippen LogP contribution in [0.3, 0.4) is 0 Å². The van der Waals surface area contributed by atoms with Gasteiger partial charge < -0.3 is 19.9 Å². The summed E-state index contributed by atoms with van der Waals surface area (Å²) in [6.45, 7) is 2.07. The van der Waals surface area contributed by atoms with Gasteiger partial charge in [0.25, 0.3) is 10.1 Å². The molecule has 0 saturated carbocycles. The Morgan fingerprint density at radius 3 is 2.07 bits per heavy atom. The van der Waals surface area contributed by atoms with Crippen molar-refractivity contribution in [2.45, 2.75) is 19.0 Å². The number of fused-ring (bicyclic) bond motifs is 5. The van der Waals surface area contributed by atoms with Crippen molar-refractivity contribution < 1.29 is 27.6 Å². The quantitative estimate of drug-likeness (QED) is 0.359. The predicted octanol–water partition coefficient (Wildman–Crippen LogP) is 3.08. The zero-order valence-corrected chi connectivity index (χ0v) is 17.6. The van der Waals surface area contributed by atoms with Crippen molar-refractivity contribution >= 4 is 42.8 Å². The summed E-state index contributed by atoms with van der Waals surface area (Å²) in [5.74, 6) is 0. The molecule has 0 aliphatic rings. The molecule has 0 aliphatic carbocycles. The molecule has 0 bridgehead atoms. The number of nitrogens with one attached hydrogen (secondary N) is 1. The summed E-state index contributed by atoms with van der Waals surface area (Å²) in [4.78, 5) is 0. The summed E-state index contributed by atoms with van der Waals surface area (Å²) in [5.41, 5.74) is 2.09. The molecular weight excluding hydrogens is 406 g/mol. The molecule has 7 nitrogen and oxygen atoms in total. The Bertz CT molecular complexity index is 1270. The van der Waals surface area contributed by atoms with Crippen LogP contribution in [0.15, 0.2) is 59.0 Å². The normalized spacial score (nSPS) is 12.3. The van der Waals surface area contributed by atoms with Crippen LogP contribution < -0.4 is 5.32 Å². The molecule has 4 rings (SSSR count). The van der Waals surface area contributed by atoms with E-state index in [4.69, 9.17) is 8.97 Å². The molecule has 160 valence electrons. The Morgan fingerprint density at radius 2 is 1.47 bits per heavy atom. The summed E-state index contributed by atoms with van der Waals surface area (Å²) >= 11 is 0. The lowest BCUT2D eigenvalue weighted by Crippen LogP contribution is -2.48. The summed E-state index contributed by atoms with van der Waals surface area (Å²) in [5, 5.41) is 26.8. The molecule has 0 atom stereocenters. The molecule has 1 aromatic heterocycles. The van der Waals surface area contributed by atoms with E-state index in [0.29, 0.717) is 12.8 Å². The number of aliphatic hydroxyl groups excluding tert-OH is 2. The fourth-order valence-electron chi connectivity index (χ4n) is 3.28. The largest absolute Gasteiger partial charge is 0.456 e. The zero-order chi connectivity index (χ0) is 21.9. The number of furan rings is 1. The fraction of sp³-hybridized carbons (Fsp3) is 0.273. The smallest absolute Gasteiger partial charge is 0.261 e. The van der Waals surface area contributed by atoms with Crippen molar-refractivity contribution in [2.75, 3.05) is 19.5 Å². The van der Waals surface area contributed by atoms with Gasteiger partial charge in [-0.05, 0) is 35.4 Å². The van der Waals surface area contributed by atoms with Crippen molar-refractivity contribution in [3.63, 3.8) is 0 Å². The first-order valence-corrected chi connectivity index (χ1v) is 11.2. The van der Waals surface area contributed by atoms with Crippen molar-refractivity contribution in [1.82, 2.24) is 5.32 Å². The van der Waals surface area contributed by atoms with E-state index in [2.05, 4.69) is 29.6 Å². The van der Waals surface area contributed by atoms with E-state index in [9.17, 15) is 18.6 Å². The van der Waals surface area contributed by atoms with Crippen LogP contribution in [-0.2, 0) is 16.7 Å². The maximum absolute atomic E-state index is 9.50. The Morgan fingerprint density at radius 1 is 0.933 bits per heavy atom. The highest BCUT2D eigenvalue weighted by atomic mass is 32.2. The van der Waals surface area contributed by atoms with Gasteiger partial charge >= 0.3 is 0 Å². The lowest BCUT2D eigenvalue weighted by molar-refractivity contribution is 0.103. The van der Waals surface area contributed by atoms with Gasteiger partial charge in [-0.3, -0.25) is 4.55 Å². The van der Waals surface area contributed by atoms with E-state index in [1.54, 1.807) is 6.92 Å². The van der Waals surface area contributed by atoms with Gasteiger partial charge in [0, 0.05) is 17.3 Å².